The van der Waals surface area contributed by atoms with Gasteiger partial charge in [0.05, 0.1) is 6.54 Å². The Hall–Kier alpha value is -4.02. The molecular formula is C30H54N10O7. The lowest BCUT2D eigenvalue weighted by Gasteiger charge is -2.33. The number of unbranched alkanes of at least 4 members (excludes halogenated alkanes) is 2. The Morgan fingerprint density at radius 2 is 1.60 bits per heavy atom. The molecule has 17 heteroatoms. The lowest BCUT2D eigenvalue weighted by Crippen LogP contribution is -2.59. The van der Waals surface area contributed by atoms with Gasteiger partial charge < -0.3 is 42.5 Å². The van der Waals surface area contributed by atoms with Gasteiger partial charge in [0, 0.05) is 25.7 Å². The summed E-state index contributed by atoms with van der Waals surface area (Å²) in [5, 5.41) is 23.5. The van der Waals surface area contributed by atoms with E-state index in [0.29, 0.717) is 71.0 Å². The smallest absolute Gasteiger partial charge is 0.266 e. The van der Waals surface area contributed by atoms with Crippen LogP contribution in [0.2, 0.25) is 0 Å². The molecule has 0 radical (unpaired) electrons. The van der Waals surface area contributed by atoms with Crippen molar-refractivity contribution >= 4 is 35.5 Å². The maximum atomic E-state index is 14.0. The normalized spacial score (nSPS) is 20.0. The van der Waals surface area contributed by atoms with Crippen molar-refractivity contribution in [1.29, 1.82) is 0 Å². The molecule has 17 nitrogen and oxygen atoms in total. The van der Waals surface area contributed by atoms with E-state index in [1.165, 1.54) is 0 Å². The van der Waals surface area contributed by atoms with E-state index in [-0.39, 0.29) is 42.2 Å². The molecule has 2 rings (SSSR count). The maximum absolute atomic E-state index is 14.0. The molecular weight excluding hydrogens is 612 g/mol. The fourth-order valence-corrected chi connectivity index (χ4v) is 6.03. The Bertz CT molecular complexity index is 1130. The molecule has 2 fully saturated rings. The summed E-state index contributed by atoms with van der Waals surface area (Å²) in [6.45, 7) is 8.29. The summed E-state index contributed by atoms with van der Waals surface area (Å²) in [4.78, 5) is 79.8. The monoisotopic (exact) mass is 666 g/mol. The highest BCUT2D eigenvalue weighted by molar-refractivity contribution is 5.96. The third kappa shape index (κ3) is 12.3. The molecule has 0 aromatic heterocycles. The second-order valence-corrected chi connectivity index (χ2v) is 12.6. The molecule has 0 aliphatic carbocycles. The molecule has 2 heterocycles. The van der Waals surface area contributed by atoms with Crippen LogP contribution in [0.15, 0.2) is 5.10 Å². The summed E-state index contributed by atoms with van der Waals surface area (Å²) in [6.07, 6.45) is 6.23. The van der Waals surface area contributed by atoms with Gasteiger partial charge in [-0.1, -0.05) is 40.0 Å². The highest BCUT2D eigenvalue weighted by Gasteiger charge is 2.44. The zero-order valence-corrected chi connectivity index (χ0v) is 28.2. The molecule has 0 aromatic carbocycles. The molecule has 5 unspecified atom stereocenters. The van der Waals surface area contributed by atoms with Crippen LogP contribution in [0.25, 0.3) is 0 Å². The second kappa shape index (κ2) is 19.6. The van der Waals surface area contributed by atoms with Crippen molar-refractivity contribution in [2.75, 3.05) is 26.2 Å². The molecule has 5 atom stereocenters. The first-order valence-corrected chi connectivity index (χ1v) is 16.7. The Kier molecular flexibility index (Phi) is 16.3. The molecule has 266 valence electrons. The number of likely N-dealkylation sites (tertiary alicyclic amines) is 2. The van der Waals surface area contributed by atoms with E-state index in [9.17, 15) is 34.1 Å². The Morgan fingerprint density at radius 1 is 0.936 bits per heavy atom. The van der Waals surface area contributed by atoms with Gasteiger partial charge in [0.1, 0.15) is 29.3 Å². The number of carbonyl (C=O) groups is 5. The maximum Gasteiger partial charge on any atom is 0.266 e. The van der Waals surface area contributed by atoms with E-state index < -0.39 is 41.0 Å². The first-order chi connectivity index (χ1) is 22.3. The first-order valence-electron chi connectivity index (χ1n) is 16.7. The van der Waals surface area contributed by atoms with E-state index in [1.807, 2.05) is 13.8 Å². The number of nitrogens with one attached hydrogen (secondary N) is 4. The first kappa shape index (κ1) is 39.2. The van der Waals surface area contributed by atoms with Crippen LogP contribution in [-0.2, 0) is 24.0 Å². The van der Waals surface area contributed by atoms with E-state index in [4.69, 9.17) is 11.5 Å². The van der Waals surface area contributed by atoms with Gasteiger partial charge in [0.25, 0.3) is 5.96 Å². The summed E-state index contributed by atoms with van der Waals surface area (Å²) in [5.74, 6) is -2.39. The molecule has 2 saturated heterocycles. The van der Waals surface area contributed by atoms with E-state index in [2.05, 4.69) is 26.4 Å². The van der Waals surface area contributed by atoms with Gasteiger partial charge in [-0.3, -0.25) is 24.0 Å². The minimum absolute atomic E-state index is 0.225. The van der Waals surface area contributed by atoms with E-state index >= 15 is 0 Å². The average Bonchev–Trinajstić information content (AvgIpc) is 3.71. The van der Waals surface area contributed by atoms with Gasteiger partial charge >= 0.3 is 0 Å². The predicted molar refractivity (Wildman–Crippen MR) is 175 cm³/mol. The largest absolute Gasteiger partial charge is 0.365 e. The van der Waals surface area contributed by atoms with Crippen molar-refractivity contribution in [3.8, 4) is 0 Å². The molecule has 2 aliphatic heterocycles. The van der Waals surface area contributed by atoms with Gasteiger partial charge in [-0.15, -0.1) is 0 Å². The van der Waals surface area contributed by atoms with Crippen LogP contribution in [0.5, 0.6) is 0 Å². The number of nitrogens with zero attached hydrogens (tertiary/aromatic N) is 4. The number of hydrazone groups is 1. The van der Waals surface area contributed by atoms with Crippen molar-refractivity contribution in [2.45, 2.75) is 122 Å². The van der Waals surface area contributed by atoms with E-state index in [1.54, 1.807) is 23.6 Å². The van der Waals surface area contributed by atoms with Crippen LogP contribution in [0.3, 0.4) is 0 Å². The van der Waals surface area contributed by atoms with Gasteiger partial charge in [-0.25, -0.2) is 10.1 Å². The van der Waals surface area contributed by atoms with E-state index in [0.717, 1.165) is 12.8 Å². The van der Waals surface area contributed by atoms with Crippen LogP contribution in [0, 0.1) is 16.0 Å². The third-order valence-electron chi connectivity index (χ3n) is 8.52. The molecule has 8 N–H and O–H groups in total. The fourth-order valence-electron chi connectivity index (χ4n) is 6.03. The van der Waals surface area contributed by atoms with Crippen molar-refractivity contribution in [2.24, 2.45) is 22.5 Å². The lowest BCUT2D eigenvalue weighted by atomic mass is 10.0. The molecule has 0 saturated carbocycles. The fraction of sp³-hybridized carbons (Fsp3) is 0.800. The minimum atomic E-state index is -0.889. The van der Waals surface area contributed by atoms with Gasteiger partial charge in [0.15, 0.2) is 5.03 Å². The number of carbonyl (C=O) groups excluding carboxylic acids is 5. The number of amides is 5. The second-order valence-electron chi connectivity index (χ2n) is 12.6. The minimum Gasteiger partial charge on any atom is -0.365 e. The van der Waals surface area contributed by atoms with Gasteiger partial charge in [-0.2, -0.15) is 0 Å². The van der Waals surface area contributed by atoms with Crippen molar-refractivity contribution in [3.63, 3.8) is 0 Å². The summed E-state index contributed by atoms with van der Waals surface area (Å²) in [6, 6.07) is -3.37. The number of nitro groups is 1. The molecule has 0 bridgehead atoms. The van der Waals surface area contributed by atoms with Crippen molar-refractivity contribution in [1.82, 2.24) is 31.1 Å². The Labute approximate surface area is 276 Å². The molecule has 2 aliphatic rings. The summed E-state index contributed by atoms with van der Waals surface area (Å²) >= 11 is 0. The Morgan fingerprint density at radius 3 is 2.21 bits per heavy atom. The van der Waals surface area contributed by atoms with Crippen molar-refractivity contribution < 1.29 is 29.0 Å². The molecule has 0 aromatic rings. The molecule has 5 amide bonds. The summed E-state index contributed by atoms with van der Waals surface area (Å²) in [7, 11) is 0. The topological polar surface area (TPSA) is 247 Å². The van der Waals surface area contributed by atoms with Crippen LogP contribution >= 0.6 is 0 Å². The summed E-state index contributed by atoms with van der Waals surface area (Å²) in [5.41, 5.74) is 10.9. The standard InChI is InChI=1S/C30H54N10O7/c1-5-6-7-12-21(35-27(43)25(19(2)3)36-24(41)18-31)28(44)39-17-10-14-23(39)29(45)38-16-9-13-22(38)26(42)34-20(4)11-8-15-33-30(32)37-40(46)47/h19-23,25H,5-18,31H2,1-4H3,(H,34,42)(H,35,43)(H,36,41)(H3,32,33,37). The molecule has 47 heavy (non-hydrogen) atoms. The number of guanidine groups is 1. The lowest BCUT2D eigenvalue weighted by molar-refractivity contribution is -0.485. The average molecular weight is 667 g/mol. The summed E-state index contributed by atoms with van der Waals surface area (Å²) < 4.78 is 0. The van der Waals surface area contributed by atoms with Crippen LogP contribution in [0.4, 0.5) is 0 Å². The highest BCUT2D eigenvalue weighted by atomic mass is 16.7. The number of hydrogen-bond donors (Lipinski definition) is 6. The third-order valence-corrected chi connectivity index (χ3v) is 8.52. The zero-order valence-electron chi connectivity index (χ0n) is 28.2. The van der Waals surface area contributed by atoms with Gasteiger partial charge in [0.2, 0.25) is 29.5 Å². The zero-order chi connectivity index (χ0) is 35.1. The van der Waals surface area contributed by atoms with Crippen molar-refractivity contribution in [3.05, 3.63) is 10.1 Å². The van der Waals surface area contributed by atoms with Crippen LogP contribution < -0.4 is 32.7 Å². The van der Waals surface area contributed by atoms with Crippen LogP contribution in [0.1, 0.15) is 91.9 Å². The number of nitrogens with two attached hydrogens (primary N) is 2. The predicted octanol–water partition coefficient (Wildman–Crippen LogP) is -0.486. The number of rotatable bonds is 18. The van der Waals surface area contributed by atoms with Gasteiger partial charge in [-0.05, 0) is 57.8 Å². The quantitative estimate of drug-likeness (QED) is 0.0360. The SMILES string of the molecule is CCCCCC(NC(=O)C(NC(=O)CN)C(C)C)C(=O)N1CCCC1C(=O)N1CCCC1C(=O)NC(C)CCCNC(N)=N[N+](=O)[O-]. The molecule has 0 spiro atoms. The number of hydrogen-bond acceptors (Lipinski definition) is 8. The van der Waals surface area contributed by atoms with Crippen LogP contribution in [-0.4, -0.2) is 107 Å². The Balaban J connectivity index is 2.07. The highest BCUT2D eigenvalue weighted by Crippen LogP contribution is 2.26.